The maximum absolute atomic E-state index is 14.2. The van der Waals surface area contributed by atoms with Crippen molar-refractivity contribution in [2.24, 2.45) is 0 Å². The van der Waals surface area contributed by atoms with E-state index in [0.29, 0.717) is 39.8 Å². The highest BCUT2D eigenvalue weighted by molar-refractivity contribution is 7.07. The molecule has 0 aliphatic rings. The first kappa shape index (κ1) is 53.1. The number of amides is 3. The summed E-state index contributed by atoms with van der Waals surface area (Å²) in [5, 5.41) is 9.33. The van der Waals surface area contributed by atoms with E-state index < -0.39 is 40.9 Å². The first-order valence-corrected chi connectivity index (χ1v) is 22.9. The number of thiazole rings is 1. The van der Waals surface area contributed by atoms with Crippen molar-refractivity contribution < 1.29 is 36.3 Å². The van der Waals surface area contributed by atoms with Gasteiger partial charge in [0.25, 0.3) is 17.7 Å². The van der Waals surface area contributed by atoms with Crippen LogP contribution in [0.1, 0.15) is 42.9 Å². The van der Waals surface area contributed by atoms with Crippen molar-refractivity contribution in [2.75, 3.05) is 51.8 Å². The number of hydrogen-bond donors (Lipinski definition) is 3. The zero-order chi connectivity index (χ0) is 53.6. The molecule has 0 spiro atoms. The quantitative estimate of drug-likeness (QED) is 0.0972. The Morgan fingerprint density at radius 1 is 0.467 bits per heavy atom. The van der Waals surface area contributed by atoms with Crippen molar-refractivity contribution >= 4 is 80.2 Å². The molecule has 0 radical (unpaired) electrons. The molecule has 6 heterocycles. The van der Waals surface area contributed by atoms with Crippen molar-refractivity contribution in [3.05, 3.63) is 203 Å². The van der Waals surface area contributed by atoms with Gasteiger partial charge in [-0.05, 0) is 68.4 Å². The highest BCUT2D eigenvalue weighted by Crippen LogP contribution is 2.32. The predicted octanol–water partition coefficient (Wildman–Crippen LogP) is 10.0. The predicted molar refractivity (Wildman–Crippen MR) is 273 cm³/mol. The number of halogens is 5. The van der Waals surface area contributed by atoms with Crippen LogP contribution in [0.4, 0.5) is 73.1 Å². The zero-order valence-electron chi connectivity index (χ0n) is 40.2. The summed E-state index contributed by atoms with van der Waals surface area (Å²) in [5.41, 5.74) is 6.05. The Bertz CT molecular complexity index is 3430. The van der Waals surface area contributed by atoms with Crippen LogP contribution in [0.15, 0.2) is 146 Å². The largest absolute Gasteiger partial charge is 0.340 e. The van der Waals surface area contributed by atoms with Crippen molar-refractivity contribution in [2.45, 2.75) is 13.8 Å². The van der Waals surface area contributed by atoms with E-state index in [-0.39, 0.29) is 40.0 Å². The molecule has 9 rings (SSSR count). The average molecular weight is 1040 g/mol. The van der Waals surface area contributed by atoms with Crippen LogP contribution < -0.4 is 30.7 Å². The van der Waals surface area contributed by atoms with Gasteiger partial charge in [-0.2, -0.15) is 0 Å². The van der Waals surface area contributed by atoms with Crippen LogP contribution in [0, 0.1) is 42.9 Å². The third kappa shape index (κ3) is 13.8. The van der Waals surface area contributed by atoms with Gasteiger partial charge in [-0.3, -0.25) is 14.4 Å². The van der Waals surface area contributed by atoms with Gasteiger partial charge in [-0.1, -0.05) is 12.1 Å². The molecule has 0 bridgehead atoms. The van der Waals surface area contributed by atoms with Crippen LogP contribution in [0.2, 0.25) is 0 Å². The van der Waals surface area contributed by atoms with Crippen LogP contribution in [-0.2, 0) is 0 Å². The van der Waals surface area contributed by atoms with Gasteiger partial charge in [-0.25, -0.2) is 66.8 Å². The van der Waals surface area contributed by atoms with Crippen LogP contribution in [-0.4, -0.2) is 83.7 Å². The number of nitrogens with zero attached hydrogens (tertiary/aromatic N) is 12. The van der Waals surface area contributed by atoms with Gasteiger partial charge in [0.05, 0.1) is 76.8 Å². The van der Waals surface area contributed by atoms with Crippen molar-refractivity contribution in [1.29, 1.82) is 0 Å². The molecule has 24 heteroatoms. The summed E-state index contributed by atoms with van der Waals surface area (Å²) in [7, 11) is 4.79. The molecule has 9 aromatic rings. The summed E-state index contributed by atoms with van der Waals surface area (Å²) < 4.78 is 70.6. The Morgan fingerprint density at radius 2 is 0.853 bits per heavy atom. The zero-order valence-corrected chi connectivity index (χ0v) is 41.1. The van der Waals surface area contributed by atoms with E-state index in [9.17, 15) is 36.3 Å². The van der Waals surface area contributed by atoms with E-state index in [1.165, 1.54) is 101 Å². The summed E-state index contributed by atoms with van der Waals surface area (Å²) in [4.78, 5) is 76.4. The topological polar surface area (TPSA) is 213 Å². The standard InChI is InChI=1S/C18H15F2N5O.C18H16FN5O.C15H11F2N5OS/c1-11-4-3-5-15(23-11)18(26)24-12-6-14(19)17(20)16(7-12)25(2)13-8-21-10-22-9-13;1-12-4-3-5-16(22-12)18(25)23-13-6-7-15(19)17(8-13)24(2)14-9-20-11-21-10-14;1-22(10-4-18-7-19-5-10)13-3-9(2-11(16)14(13)17)21-15(23)12-6-24-8-20-12/h3-10H,1-2H3,(H,24,26);3-11H,1-2H3,(H,23,25);2-8H,1H3,(H,21,23). The number of hydrogen-bond acceptors (Lipinski definition) is 16. The molecule has 0 saturated heterocycles. The maximum Gasteiger partial charge on any atom is 0.275 e. The smallest absolute Gasteiger partial charge is 0.275 e. The molecule has 0 aliphatic heterocycles. The number of benzene rings is 3. The lowest BCUT2D eigenvalue weighted by atomic mass is 10.2. The Hall–Kier alpha value is -9.71. The summed E-state index contributed by atoms with van der Waals surface area (Å²) in [6, 6.07) is 19.0. The van der Waals surface area contributed by atoms with Gasteiger partial charge in [-0.15, -0.1) is 11.3 Å². The lowest BCUT2D eigenvalue weighted by Crippen LogP contribution is -2.16. The molecular weight excluding hydrogens is 998 g/mol. The molecule has 0 aliphatic carbocycles. The number of aromatic nitrogens is 9. The van der Waals surface area contributed by atoms with E-state index in [0.717, 1.165) is 17.8 Å². The van der Waals surface area contributed by atoms with E-state index in [1.807, 2.05) is 13.0 Å². The van der Waals surface area contributed by atoms with Gasteiger partial charge >= 0.3 is 0 Å². The van der Waals surface area contributed by atoms with E-state index in [2.05, 4.69) is 60.8 Å². The number of carbonyl (C=O) groups excluding carboxylic acids is 3. The van der Waals surface area contributed by atoms with Crippen LogP contribution >= 0.6 is 11.3 Å². The third-order valence-electron chi connectivity index (χ3n) is 10.5. The molecular formula is C51H42F5N15O3S. The number of aryl methyl sites for hydroxylation is 2. The van der Waals surface area contributed by atoms with Gasteiger partial charge < -0.3 is 30.7 Å². The molecule has 0 fully saturated rings. The third-order valence-corrected chi connectivity index (χ3v) is 11.1. The Balaban J connectivity index is 0.000000164. The van der Waals surface area contributed by atoms with Gasteiger partial charge in [0.2, 0.25) is 0 Å². The second-order valence-electron chi connectivity index (χ2n) is 15.8. The first-order chi connectivity index (χ1) is 36.1. The lowest BCUT2D eigenvalue weighted by molar-refractivity contribution is 0.101. The second kappa shape index (κ2) is 24.6. The minimum Gasteiger partial charge on any atom is -0.340 e. The van der Waals surface area contributed by atoms with E-state index in [1.54, 1.807) is 81.1 Å². The monoisotopic (exact) mass is 1040 g/mol. The molecule has 0 unspecified atom stereocenters. The molecule has 0 saturated carbocycles. The highest BCUT2D eigenvalue weighted by Gasteiger charge is 2.20. The molecule has 6 aromatic heterocycles. The Morgan fingerprint density at radius 3 is 1.25 bits per heavy atom. The number of rotatable bonds is 12. The van der Waals surface area contributed by atoms with E-state index >= 15 is 0 Å². The maximum atomic E-state index is 14.2. The first-order valence-electron chi connectivity index (χ1n) is 22.0. The van der Waals surface area contributed by atoms with Gasteiger partial charge in [0, 0.05) is 67.1 Å². The molecule has 380 valence electrons. The second-order valence-corrected chi connectivity index (χ2v) is 16.5. The minimum absolute atomic E-state index is 0.0571. The summed E-state index contributed by atoms with van der Waals surface area (Å²) in [6.07, 6.45) is 13.1. The highest BCUT2D eigenvalue weighted by atomic mass is 32.1. The number of nitrogens with one attached hydrogen (secondary N) is 3. The Labute approximate surface area is 429 Å². The normalized spacial score (nSPS) is 10.4. The van der Waals surface area contributed by atoms with Crippen LogP contribution in [0.25, 0.3) is 0 Å². The summed E-state index contributed by atoms with van der Waals surface area (Å²) in [6.45, 7) is 3.56. The molecule has 75 heavy (non-hydrogen) atoms. The summed E-state index contributed by atoms with van der Waals surface area (Å²) in [5.74, 6) is -6.03. The molecule has 3 amide bonds. The summed E-state index contributed by atoms with van der Waals surface area (Å²) >= 11 is 1.26. The number of carbonyl (C=O) groups is 3. The molecule has 3 N–H and O–H groups in total. The molecule has 18 nitrogen and oxygen atoms in total. The molecule has 0 atom stereocenters. The van der Waals surface area contributed by atoms with Gasteiger partial charge in [0.15, 0.2) is 23.3 Å². The number of pyridine rings is 2. The fourth-order valence-corrected chi connectivity index (χ4v) is 7.22. The lowest BCUT2D eigenvalue weighted by Gasteiger charge is -2.20. The minimum atomic E-state index is -1.08. The van der Waals surface area contributed by atoms with Crippen molar-refractivity contribution in [3.63, 3.8) is 0 Å². The Kier molecular flexibility index (Phi) is 17.4. The van der Waals surface area contributed by atoms with Crippen LogP contribution in [0.5, 0.6) is 0 Å². The fourth-order valence-electron chi connectivity index (χ4n) is 6.69. The fraction of sp³-hybridized carbons (Fsp3) is 0.0980. The number of anilines is 9. The SMILES string of the molecule is CN(c1cncnc1)c1cc(NC(=O)c2cscn2)cc(F)c1F.Cc1cccc(C(=O)Nc2cc(F)c(F)c(N(C)c3cncnc3)c2)n1.Cc1cccc(C(=O)Nc2ccc(F)c(N(C)c3cncnc3)c2)n1. The molecule has 3 aromatic carbocycles. The average Bonchev–Trinajstić information content (AvgIpc) is 3.98. The van der Waals surface area contributed by atoms with E-state index in [4.69, 9.17) is 0 Å². The van der Waals surface area contributed by atoms with Gasteiger partial charge in [0.1, 0.15) is 41.9 Å². The van der Waals surface area contributed by atoms with Crippen LogP contribution in [0.3, 0.4) is 0 Å². The van der Waals surface area contributed by atoms with Crippen molar-refractivity contribution in [1.82, 2.24) is 44.9 Å². The van der Waals surface area contributed by atoms with Crippen molar-refractivity contribution in [3.8, 4) is 0 Å².